The zero-order chi connectivity index (χ0) is 20.4. The van der Waals surface area contributed by atoms with Crippen LogP contribution >= 0.6 is 0 Å². The summed E-state index contributed by atoms with van der Waals surface area (Å²) in [4.78, 5) is 14.0. The SMILES string of the molecule is COc1ccc(C(c2ccc3ccccc3c2)N2CCCCC2C(=O)O)cc1F. The van der Waals surface area contributed by atoms with Crippen LogP contribution in [0.1, 0.15) is 36.4 Å². The number of nitrogens with zero attached hydrogens (tertiary/aromatic N) is 1. The van der Waals surface area contributed by atoms with Gasteiger partial charge in [0.1, 0.15) is 6.04 Å². The maximum absolute atomic E-state index is 14.5. The molecule has 3 aromatic rings. The fourth-order valence-corrected chi connectivity index (χ4v) is 4.33. The summed E-state index contributed by atoms with van der Waals surface area (Å²) in [7, 11) is 1.43. The van der Waals surface area contributed by atoms with E-state index < -0.39 is 17.8 Å². The highest BCUT2D eigenvalue weighted by Crippen LogP contribution is 2.36. The summed E-state index contributed by atoms with van der Waals surface area (Å²) in [6, 6.07) is 18.2. The smallest absolute Gasteiger partial charge is 0.320 e. The summed E-state index contributed by atoms with van der Waals surface area (Å²) in [5, 5.41) is 12.0. The van der Waals surface area contributed by atoms with Gasteiger partial charge in [0.25, 0.3) is 0 Å². The third kappa shape index (κ3) is 3.83. The second kappa shape index (κ2) is 8.21. The van der Waals surface area contributed by atoms with Crippen molar-refractivity contribution in [1.29, 1.82) is 0 Å². The van der Waals surface area contributed by atoms with E-state index in [1.807, 2.05) is 47.4 Å². The standard InChI is InChI=1S/C24H24FNO3/c1-29-22-12-11-19(15-20(22)25)23(26-13-5-4-8-21(26)24(27)28)18-10-9-16-6-2-3-7-17(16)14-18/h2-3,6-7,9-12,14-15,21,23H,4-5,8,13H2,1H3,(H,27,28). The van der Waals surface area contributed by atoms with Crippen LogP contribution in [0.3, 0.4) is 0 Å². The lowest BCUT2D eigenvalue weighted by Crippen LogP contribution is -2.46. The molecule has 1 heterocycles. The molecule has 3 aromatic carbocycles. The molecule has 5 heteroatoms. The Kier molecular flexibility index (Phi) is 5.49. The minimum absolute atomic E-state index is 0.180. The molecule has 29 heavy (non-hydrogen) atoms. The first-order valence-corrected chi connectivity index (χ1v) is 9.89. The lowest BCUT2D eigenvalue weighted by atomic mass is 9.90. The number of piperidine rings is 1. The van der Waals surface area contributed by atoms with Crippen molar-refractivity contribution in [1.82, 2.24) is 4.90 Å². The number of carboxylic acids is 1. The van der Waals surface area contributed by atoms with Crippen molar-refractivity contribution >= 4 is 16.7 Å². The van der Waals surface area contributed by atoms with Crippen molar-refractivity contribution in [2.75, 3.05) is 13.7 Å². The average Bonchev–Trinajstić information content (AvgIpc) is 2.74. The van der Waals surface area contributed by atoms with Crippen LogP contribution < -0.4 is 4.74 Å². The quantitative estimate of drug-likeness (QED) is 0.662. The lowest BCUT2D eigenvalue weighted by molar-refractivity contribution is -0.145. The Hall–Kier alpha value is -2.92. The Balaban J connectivity index is 1.85. The number of rotatable bonds is 5. The molecule has 1 fully saturated rings. The van der Waals surface area contributed by atoms with Crippen LogP contribution in [-0.2, 0) is 4.79 Å². The Bertz CT molecular complexity index is 1040. The van der Waals surface area contributed by atoms with Crippen molar-refractivity contribution in [2.24, 2.45) is 0 Å². The molecule has 0 aliphatic carbocycles. The van der Waals surface area contributed by atoms with Gasteiger partial charge in [0.2, 0.25) is 0 Å². The van der Waals surface area contributed by atoms with Gasteiger partial charge in [-0.3, -0.25) is 9.69 Å². The summed E-state index contributed by atoms with van der Waals surface area (Å²) in [6.45, 7) is 0.655. The zero-order valence-electron chi connectivity index (χ0n) is 16.3. The normalized spacial score (nSPS) is 18.5. The molecule has 150 valence electrons. The number of ether oxygens (including phenoxy) is 1. The number of hydrogen-bond donors (Lipinski definition) is 1. The monoisotopic (exact) mass is 393 g/mol. The second-order valence-electron chi connectivity index (χ2n) is 7.49. The molecule has 1 N–H and O–H groups in total. The van der Waals surface area contributed by atoms with Crippen molar-refractivity contribution in [3.8, 4) is 5.75 Å². The second-order valence-corrected chi connectivity index (χ2v) is 7.49. The molecule has 0 spiro atoms. The van der Waals surface area contributed by atoms with Gasteiger partial charge in [-0.05, 0) is 59.5 Å². The summed E-state index contributed by atoms with van der Waals surface area (Å²) < 4.78 is 19.6. The van der Waals surface area contributed by atoms with E-state index in [0.717, 1.165) is 34.7 Å². The van der Waals surface area contributed by atoms with Crippen LogP contribution in [0.25, 0.3) is 10.8 Å². The minimum atomic E-state index is -0.829. The highest BCUT2D eigenvalue weighted by atomic mass is 19.1. The number of methoxy groups -OCH3 is 1. The van der Waals surface area contributed by atoms with E-state index in [4.69, 9.17) is 4.74 Å². The number of likely N-dealkylation sites (tertiary alicyclic amines) is 1. The largest absolute Gasteiger partial charge is 0.494 e. The molecule has 0 bridgehead atoms. The van der Waals surface area contributed by atoms with E-state index in [1.165, 1.54) is 13.2 Å². The van der Waals surface area contributed by atoms with Gasteiger partial charge < -0.3 is 9.84 Å². The summed E-state index contributed by atoms with van der Waals surface area (Å²) in [5.41, 5.74) is 1.69. The van der Waals surface area contributed by atoms with Gasteiger partial charge in [-0.1, -0.05) is 48.9 Å². The van der Waals surface area contributed by atoms with E-state index in [0.29, 0.717) is 13.0 Å². The molecule has 0 amide bonds. The third-order valence-corrected chi connectivity index (χ3v) is 5.74. The minimum Gasteiger partial charge on any atom is -0.494 e. The predicted molar refractivity (Wildman–Crippen MR) is 111 cm³/mol. The Morgan fingerprint density at radius 1 is 1.07 bits per heavy atom. The zero-order valence-corrected chi connectivity index (χ0v) is 16.3. The lowest BCUT2D eigenvalue weighted by Gasteiger charge is -2.39. The van der Waals surface area contributed by atoms with Gasteiger partial charge in [0.15, 0.2) is 11.6 Å². The Labute approximate surface area is 169 Å². The maximum atomic E-state index is 14.5. The van der Waals surface area contributed by atoms with E-state index >= 15 is 0 Å². The summed E-state index contributed by atoms with van der Waals surface area (Å²) in [5.74, 6) is -1.09. The average molecular weight is 393 g/mol. The fourth-order valence-electron chi connectivity index (χ4n) is 4.33. The third-order valence-electron chi connectivity index (χ3n) is 5.74. The number of benzene rings is 3. The highest BCUT2D eigenvalue weighted by Gasteiger charge is 2.35. The number of carbonyl (C=O) groups is 1. The van der Waals surface area contributed by atoms with Gasteiger partial charge in [-0.15, -0.1) is 0 Å². The molecule has 0 radical (unpaired) electrons. The first-order valence-electron chi connectivity index (χ1n) is 9.89. The molecular formula is C24H24FNO3. The van der Waals surface area contributed by atoms with Gasteiger partial charge in [0.05, 0.1) is 13.2 Å². The number of carboxylic acid groups (broad SMARTS) is 1. The number of hydrogen-bond acceptors (Lipinski definition) is 3. The van der Waals surface area contributed by atoms with E-state index in [2.05, 4.69) is 6.07 Å². The van der Waals surface area contributed by atoms with Crippen LogP contribution in [0.4, 0.5) is 4.39 Å². The molecule has 1 saturated heterocycles. The Morgan fingerprint density at radius 3 is 2.52 bits per heavy atom. The predicted octanol–water partition coefficient (Wildman–Crippen LogP) is 5.02. The maximum Gasteiger partial charge on any atom is 0.320 e. The number of fused-ring (bicyclic) bond motifs is 1. The van der Waals surface area contributed by atoms with E-state index in [1.54, 1.807) is 6.07 Å². The van der Waals surface area contributed by atoms with Crippen molar-refractivity contribution in [2.45, 2.75) is 31.3 Å². The van der Waals surface area contributed by atoms with Crippen LogP contribution in [0, 0.1) is 5.82 Å². The Morgan fingerprint density at radius 2 is 1.79 bits per heavy atom. The van der Waals surface area contributed by atoms with Crippen LogP contribution in [-0.4, -0.2) is 35.7 Å². The van der Waals surface area contributed by atoms with Crippen molar-refractivity contribution in [3.63, 3.8) is 0 Å². The van der Waals surface area contributed by atoms with Gasteiger partial charge in [-0.2, -0.15) is 0 Å². The van der Waals surface area contributed by atoms with Crippen LogP contribution in [0.5, 0.6) is 5.75 Å². The van der Waals surface area contributed by atoms with Gasteiger partial charge in [-0.25, -0.2) is 4.39 Å². The summed E-state index contributed by atoms with van der Waals surface area (Å²) >= 11 is 0. The topological polar surface area (TPSA) is 49.8 Å². The molecule has 4 rings (SSSR count). The highest BCUT2D eigenvalue weighted by molar-refractivity contribution is 5.83. The molecule has 1 aliphatic rings. The molecule has 2 unspecified atom stereocenters. The van der Waals surface area contributed by atoms with Crippen molar-refractivity contribution < 1.29 is 19.0 Å². The molecule has 2 atom stereocenters. The van der Waals surface area contributed by atoms with Crippen molar-refractivity contribution in [3.05, 3.63) is 77.6 Å². The first kappa shape index (κ1) is 19.4. The molecule has 0 saturated carbocycles. The van der Waals surface area contributed by atoms with E-state index in [9.17, 15) is 14.3 Å². The summed E-state index contributed by atoms with van der Waals surface area (Å²) in [6.07, 6.45) is 2.40. The van der Waals surface area contributed by atoms with Crippen LogP contribution in [0.2, 0.25) is 0 Å². The molecule has 0 aromatic heterocycles. The number of halogens is 1. The van der Waals surface area contributed by atoms with E-state index in [-0.39, 0.29) is 11.8 Å². The number of aliphatic carboxylic acids is 1. The van der Waals surface area contributed by atoms with Gasteiger partial charge in [0, 0.05) is 0 Å². The van der Waals surface area contributed by atoms with Gasteiger partial charge >= 0.3 is 5.97 Å². The van der Waals surface area contributed by atoms with Crippen LogP contribution in [0.15, 0.2) is 60.7 Å². The molecule has 4 nitrogen and oxygen atoms in total. The molecular weight excluding hydrogens is 369 g/mol. The molecule has 1 aliphatic heterocycles. The fraction of sp³-hybridized carbons (Fsp3) is 0.292. The first-order chi connectivity index (χ1) is 14.1.